The van der Waals surface area contributed by atoms with Gasteiger partial charge in [0.15, 0.2) is 10.6 Å². The molecular formula is C17H13ClF2N2O2S. The number of aromatic nitrogens is 1. The van der Waals surface area contributed by atoms with Crippen molar-refractivity contribution in [3.63, 3.8) is 0 Å². The van der Waals surface area contributed by atoms with Crippen LogP contribution in [0.25, 0.3) is 10.2 Å². The summed E-state index contributed by atoms with van der Waals surface area (Å²) in [7, 11) is 1.51. The highest BCUT2D eigenvalue weighted by atomic mass is 35.5. The summed E-state index contributed by atoms with van der Waals surface area (Å²) >= 11 is 6.93. The summed E-state index contributed by atoms with van der Waals surface area (Å²) in [5, 5.41) is 0.415. The van der Waals surface area contributed by atoms with Crippen LogP contribution in [0.1, 0.15) is 10.4 Å². The first-order chi connectivity index (χ1) is 12.0. The smallest absolute Gasteiger partial charge is 0.279 e. The van der Waals surface area contributed by atoms with Gasteiger partial charge in [-0.25, -0.2) is 8.78 Å². The first kappa shape index (κ1) is 17.7. The molecule has 1 aromatic heterocycles. The summed E-state index contributed by atoms with van der Waals surface area (Å²) in [6.45, 7) is 0.571. The molecule has 0 aliphatic carbocycles. The monoisotopic (exact) mass is 382 g/mol. The Hall–Kier alpha value is -2.09. The Balaban J connectivity index is 2.17. The van der Waals surface area contributed by atoms with E-state index in [1.807, 2.05) is 0 Å². The van der Waals surface area contributed by atoms with Crippen molar-refractivity contribution in [3.05, 3.63) is 63.4 Å². The van der Waals surface area contributed by atoms with Gasteiger partial charge in [-0.05, 0) is 24.3 Å². The first-order valence-electron chi connectivity index (χ1n) is 7.31. The maximum absolute atomic E-state index is 14.2. The molecule has 0 spiro atoms. The number of benzene rings is 2. The minimum atomic E-state index is -0.709. The van der Waals surface area contributed by atoms with Gasteiger partial charge in [0.05, 0.1) is 16.8 Å². The van der Waals surface area contributed by atoms with Crippen LogP contribution >= 0.6 is 22.9 Å². The number of fused-ring (bicyclic) bond motifs is 1. The Bertz CT molecular complexity index is 1010. The second-order valence-corrected chi connectivity index (χ2v) is 6.64. The van der Waals surface area contributed by atoms with Crippen LogP contribution in [0.3, 0.4) is 0 Å². The zero-order valence-electron chi connectivity index (χ0n) is 13.1. The maximum Gasteiger partial charge on any atom is 0.279 e. The normalized spacial score (nSPS) is 12.1. The van der Waals surface area contributed by atoms with Gasteiger partial charge in [-0.15, -0.1) is 0 Å². The fraction of sp³-hybridized carbons (Fsp3) is 0.176. The number of halogens is 3. The van der Waals surface area contributed by atoms with E-state index in [9.17, 15) is 13.6 Å². The third-order valence-electron chi connectivity index (χ3n) is 3.48. The van der Waals surface area contributed by atoms with Crippen molar-refractivity contribution in [2.24, 2.45) is 4.99 Å². The number of hydrogen-bond acceptors (Lipinski definition) is 3. The molecule has 2 aromatic carbocycles. The third kappa shape index (κ3) is 3.78. The largest absolute Gasteiger partial charge is 0.383 e. The molecule has 0 N–H and O–H groups in total. The molecule has 0 bridgehead atoms. The number of hydrogen-bond donors (Lipinski definition) is 0. The molecule has 25 heavy (non-hydrogen) atoms. The molecule has 8 heteroatoms. The Morgan fingerprint density at radius 2 is 2.12 bits per heavy atom. The van der Waals surface area contributed by atoms with Gasteiger partial charge in [0.1, 0.15) is 5.82 Å². The first-order valence-corrected chi connectivity index (χ1v) is 8.51. The van der Waals surface area contributed by atoms with Crippen molar-refractivity contribution in [1.82, 2.24) is 4.57 Å². The van der Waals surface area contributed by atoms with Crippen LogP contribution in [0, 0.1) is 11.6 Å². The highest BCUT2D eigenvalue weighted by molar-refractivity contribution is 7.16. The highest BCUT2D eigenvalue weighted by Gasteiger charge is 2.14. The summed E-state index contributed by atoms with van der Waals surface area (Å²) in [5.41, 5.74) is 0.510. The summed E-state index contributed by atoms with van der Waals surface area (Å²) < 4.78 is 34.6. The van der Waals surface area contributed by atoms with Crippen molar-refractivity contribution < 1.29 is 18.3 Å². The summed E-state index contributed by atoms with van der Waals surface area (Å²) in [6, 6.07) is 8.40. The third-order valence-corrected chi connectivity index (χ3v) is 4.74. The summed E-state index contributed by atoms with van der Waals surface area (Å²) in [6.07, 6.45) is 0. The number of methoxy groups -OCH3 is 1. The van der Waals surface area contributed by atoms with E-state index in [0.717, 1.165) is 17.4 Å². The lowest BCUT2D eigenvalue weighted by Gasteiger charge is -2.05. The van der Waals surface area contributed by atoms with Crippen LogP contribution in [0.4, 0.5) is 8.78 Å². The van der Waals surface area contributed by atoms with Crippen LogP contribution in [0.15, 0.2) is 41.4 Å². The van der Waals surface area contributed by atoms with Gasteiger partial charge in [0, 0.05) is 30.3 Å². The number of rotatable bonds is 4. The van der Waals surface area contributed by atoms with E-state index in [4.69, 9.17) is 16.3 Å². The van der Waals surface area contributed by atoms with E-state index in [1.54, 1.807) is 18.2 Å². The molecule has 0 fully saturated rings. The average Bonchev–Trinajstić information content (AvgIpc) is 2.90. The van der Waals surface area contributed by atoms with Crippen molar-refractivity contribution in [2.45, 2.75) is 6.54 Å². The molecule has 3 rings (SSSR count). The van der Waals surface area contributed by atoms with E-state index < -0.39 is 17.5 Å². The Kier molecular flexibility index (Phi) is 5.27. The van der Waals surface area contributed by atoms with Gasteiger partial charge in [0.2, 0.25) is 0 Å². The molecular weight excluding hydrogens is 370 g/mol. The van der Waals surface area contributed by atoms with Gasteiger partial charge in [0.25, 0.3) is 5.91 Å². The predicted octanol–water partition coefficient (Wildman–Crippen LogP) is 4.02. The van der Waals surface area contributed by atoms with Gasteiger partial charge in [-0.2, -0.15) is 4.99 Å². The number of thiazole rings is 1. The number of amides is 1. The zero-order chi connectivity index (χ0) is 18.0. The Morgan fingerprint density at radius 1 is 1.32 bits per heavy atom. The molecule has 0 aliphatic rings. The van der Waals surface area contributed by atoms with Crippen molar-refractivity contribution in [3.8, 4) is 0 Å². The van der Waals surface area contributed by atoms with E-state index in [-0.39, 0.29) is 16.9 Å². The Labute approximate surface area is 151 Å². The van der Waals surface area contributed by atoms with Crippen LogP contribution in [0.2, 0.25) is 5.02 Å². The molecule has 1 heterocycles. The predicted molar refractivity (Wildman–Crippen MR) is 93.0 cm³/mol. The van der Waals surface area contributed by atoms with Crippen molar-refractivity contribution in [2.75, 3.05) is 13.7 Å². The van der Waals surface area contributed by atoms with E-state index in [1.165, 1.54) is 23.8 Å². The minimum Gasteiger partial charge on any atom is -0.383 e. The fourth-order valence-electron chi connectivity index (χ4n) is 2.38. The molecule has 0 unspecified atom stereocenters. The molecule has 0 atom stereocenters. The van der Waals surface area contributed by atoms with E-state index in [2.05, 4.69) is 4.99 Å². The standard InChI is InChI=1S/C17H13ClF2N2O2S/c1-24-6-5-22-15-13(20)8-12(19)9-14(15)25-17(22)21-16(23)10-3-2-4-11(18)7-10/h2-4,7-9H,5-6H2,1H3. The zero-order valence-corrected chi connectivity index (χ0v) is 14.7. The summed E-state index contributed by atoms with van der Waals surface area (Å²) in [5.74, 6) is -1.90. The topological polar surface area (TPSA) is 43.6 Å². The quantitative estimate of drug-likeness (QED) is 0.684. The van der Waals surface area contributed by atoms with Crippen LogP contribution in [0.5, 0.6) is 0 Å². The minimum absolute atomic E-state index is 0.195. The molecule has 0 saturated carbocycles. The van der Waals surface area contributed by atoms with Gasteiger partial charge < -0.3 is 9.30 Å². The molecule has 130 valence electrons. The SMILES string of the molecule is COCCn1c(=NC(=O)c2cccc(Cl)c2)sc2cc(F)cc(F)c21. The van der Waals surface area contributed by atoms with Gasteiger partial charge in [-0.3, -0.25) is 4.79 Å². The average molecular weight is 383 g/mol. The maximum atomic E-state index is 14.2. The van der Waals surface area contributed by atoms with Crippen LogP contribution in [-0.2, 0) is 11.3 Å². The molecule has 0 saturated heterocycles. The molecule has 4 nitrogen and oxygen atoms in total. The molecule has 0 aliphatic heterocycles. The fourth-order valence-corrected chi connectivity index (χ4v) is 3.66. The van der Waals surface area contributed by atoms with Crippen LogP contribution < -0.4 is 4.80 Å². The lowest BCUT2D eigenvalue weighted by molar-refractivity contribution is 0.0997. The molecule has 1 amide bonds. The number of nitrogens with zero attached hydrogens (tertiary/aromatic N) is 2. The molecule has 0 radical (unpaired) electrons. The second-order valence-electron chi connectivity index (χ2n) is 5.19. The highest BCUT2D eigenvalue weighted by Crippen LogP contribution is 2.22. The van der Waals surface area contributed by atoms with E-state index in [0.29, 0.717) is 21.9 Å². The van der Waals surface area contributed by atoms with Gasteiger partial charge >= 0.3 is 0 Å². The lowest BCUT2D eigenvalue weighted by Crippen LogP contribution is -2.19. The lowest BCUT2D eigenvalue weighted by atomic mass is 10.2. The van der Waals surface area contributed by atoms with Gasteiger partial charge in [-0.1, -0.05) is 29.0 Å². The number of ether oxygens (including phenoxy) is 1. The second kappa shape index (κ2) is 7.43. The van der Waals surface area contributed by atoms with Crippen LogP contribution in [-0.4, -0.2) is 24.2 Å². The Morgan fingerprint density at radius 3 is 2.84 bits per heavy atom. The van der Waals surface area contributed by atoms with E-state index >= 15 is 0 Å². The number of carbonyl (C=O) groups excluding carboxylic acids is 1. The molecule has 3 aromatic rings. The number of carbonyl (C=O) groups is 1. The van der Waals surface area contributed by atoms with Crippen molar-refractivity contribution >= 4 is 39.1 Å². The summed E-state index contributed by atoms with van der Waals surface area (Å²) in [4.78, 5) is 16.7. The van der Waals surface area contributed by atoms with Crippen molar-refractivity contribution in [1.29, 1.82) is 0 Å².